The largest absolute Gasteiger partial charge is 0.457 e. The molecule has 4 heterocycles. The van der Waals surface area contributed by atoms with Gasteiger partial charge in [-0.05, 0) is 76.0 Å². The van der Waals surface area contributed by atoms with E-state index in [-0.39, 0.29) is 24.1 Å². The highest BCUT2D eigenvalue weighted by atomic mass is 16.6. The summed E-state index contributed by atoms with van der Waals surface area (Å²) in [5, 5.41) is 5.68. The minimum Gasteiger partial charge on any atom is -0.457 e. The van der Waals surface area contributed by atoms with Crippen molar-refractivity contribution >= 4 is 29.3 Å². The molecule has 0 aliphatic carbocycles. The number of hydrogen-bond acceptors (Lipinski definition) is 10. The fraction of sp³-hybridized carbons (Fsp3) is 0.469. The second kappa shape index (κ2) is 13.8. The van der Waals surface area contributed by atoms with Gasteiger partial charge < -0.3 is 39.5 Å². The van der Waals surface area contributed by atoms with Crippen molar-refractivity contribution in [1.29, 1.82) is 0 Å². The summed E-state index contributed by atoms with van der Waals surface area (Å²) in [5.74, 6) is 1.02. The number of nitrogens with one attached hydrogen (secondary N) is 2. The van der Waals surface area contributed by atoms with Crippen molar-refractivity contribution < 1.29 is 23.8 Å². The summed E-state index contributed by atoms with van der Waals surface area (Å²) >= 11 is 0. The smallest absolute Gasteiger partial charge is 0.323 e. The van der Waals surface area contributed by atoms with Crippen molar-refractivity contribution in [2.45, 2.75) is 38.0 Å². The van der Waals surface area contributed by atoms with Crippen molar-refractivity contribution in [3.8, 4) is 17.4 Å². The fourth-order valence-electron chi connectivity index (χ4n) is 5.66. The Kier molecular flexibility index (Phi) is 9.38. The van der Waals surface area contributed by atoms with Crippen LogP contribution >= 0.6 is 0 Å². The number of amides is 3. The maximum absolute atomic E-state index is 12.9. The number of rotatable bonds is 8. The van der Waals surface area contributed by atoms with Gasteiger partial charge in [-0.3, -0.25) is 4.79 Å². The summed E-state index contributed by atoms with van der Waals surface area (Å²) in [6, 6.07) is 14.6. The fourth-order valence-corrected chi connectivity index (χ4v) is 5.66. The van der Waals surface area contributed by atoms with Crippen LogP contribution in [0.25, 0.3) is 11.4 Å². The van der Waals surface area contributed by atoms with Gasteiger partial charge in [-0.1, -0.05) is 0 Å². The summed E-state index contributed by atoms with van der Waals surface area (Å²) in [6.07, 6.45) is 1.65. The van der Waals surface area contributed by atoms with Crippen LogP contribution in [-0.2, 0) is 9.47 Å². The number of urea groups is 1. The Labute approximate surface area is 262 Å². The highest BCUT2D eigenvalue weighted by Gasteiger charge is 2.28. The maximum Gasteiger partial charge on any atom is 0.323 e. The third-order valence-corrected chi connectivity index (χ3v) is 8.36. The molecule has 0 saturated carbocycles. The summed E-state index contributed by atoms with van der Waals surface area (Å²) in [5.41, 5.74) is 2.55. The van der Waals surface area contributed by atoms with Crippen LogP contribution in [0.3, 0.4) is 0 Å². The third-order valence-electron chi connectivity index (χ3n) is 8.36. The Hall–Kier alpha value is -4.33. The van der Waals surface area contributed by atoms with Gasteiger partial charge in [0.05, 0.1) is 32.5 Å². The Bertz CT molecular complexity index is 1480. The van der Waals surface area contributed by atoms with Crippen LogP contribution in [-0.4, -0.2) is 115 Å². The number of anilines is 3. The van der Waals surface area contributed by atoms with Gasteiger partial charge in [-0.25, -0.2) is 4.79 Å². The second-order valence-electron chi connectivity index (χ2n) is 11.9. The zero-order chi connectivity index (χ0) is 31.3. The molecule has 3 fully saturated rings. The third kappa shape index (κ3) is 7.49. The first-order chi connectivity index (χ1) is 21.8. The monoisotopic (exact) mass is 616 g/mol. The molecule has 3 saturated heterocycles. The summed E-state index contributed by atoms with van der Waals surface area (Å²) < 4.78 is 17.1. The molecule has 13 nitrogen and oxygen atoms in total. The van der Waals surface area contributed by atoms with Crippen LogP contribution in [0.5, 0.6) is 6.01 Å². The topological polar surface area (TPSA) is 134 Å². The zero-order valence-electron chi connectivity index (χ0n) is 25.9. The molecule has 3 aliphatic heterocycles. The molecule has 1 aromatic heterocycles. The molecular formula is C32H40N8O5. The molecular weight excluding hydrogens is 576 g/mol. The molecule has 0 spiro atoms. The van der Waals surface area contributed by atoms with E-state index in [4.69, 9.17) is 19.2 Å². The normalized spacial score (nSPS) is 21.6. The molecule has 2 aromatic carbocycles. The van der Waals surface area contributed by atoms with Crippen LogP contribution in [0.4, 0.5) is 22.1 Å². The highest BCUT2D eigenvalue weighted by Crippen LogP contribution is 2.26. The quantitative estimate of drug-likeness (QED) is 0.388. The first kappa shape index (κ1) is 30.7. The number of carbonyl (C=O) groups is 2. The van der Waals surface area contributed by atoms with Gasteiger partial charge in [0.15, 0.2) is 5.82 Å². The average molecular weight is 617 g/mol. The molecule has 0 bridgehead atoms. The van der Waals surface area contributed by atoms with Gasteiger partial charge >= 0.3 is 12.0 Å². The molecule has 6 rings (SSSR count). The Morgan fingerprint density at radius 1 is 0.889 bits per heavy atom. The van der Waals surface area contributed by atoms with Crippen molar-refractivity contribution in [3.63, 3.8) is 0 Å². The van der Waals surface area contributed by atoms with E-state index < -0.39 is 6.03 Å². The van der Waals surface area contributed by atoms with E-state index in [1.807, 2.05) is 31.1 Å². The Morgan fingerprint density at radius 2 is 1.60 bits per heavy atom. The van der Waals surface area contributed by atoms with Crippen molar-refractivity contribution in [2.75, 3.05) is 75.7 Å². The molecule has 3 amide bonds. The number of hydrogen-bond donors (Lipinski definition) is 2. The molecule has 238 valence electrons. The Balaban J connectivity index is 1.09. The van der Waals surface area contributed by atoms with Gasteiger partial charge in [0.25, 0.3) is 5.91 Å². The average Bonchev–Trinajstić information content (AvgIpc) is 3.75. The minimum absolute atomic E-state index is 0.00596. The maximum atomic E-state index is 12.9. The number of likely N-dealkylation sites (tertiary alicyclic amines) is 1. The first-order valence-corrected chi connectivity index (χ1v) is 15.4. The first-order valence-electron chi connectivity index (χ1n) is 15.4. The number of ether oxygens (including phenoxy) is 3. The SMILES string of the molecule is CC1COCCN1c1nc(OC2CCOC2)nc(-c2ccc(NC(=O)Nc3ccc(C(=O)N4CCC(N(C)C)C4)cc3)cc2)n1. The molecule has 45 heavy (non-hydrogen) atoms. The van der Waals surface area contributed by atoms with E-state index >= 15 is 0 Å². The standard InChI is InChI=1S/C32H40N8O5/c1-21-19-44-17-15-40(21)30-35-28(36-32(37-30)45-27-13-16-43-20-27)22-4-8-24(9-5-22)33-31(42)34-25-10-6-23(7-11-25)29(41)39-14-12-26(18-39)38(2)3/h4-11,21,26-27H,12-20H2,1-3H3,(H2,33,34,42). The highest BCUT2D eigenvalue weighted by molar-refractivity contribution is 6.00. The van der Waals surface area contributed by atoms with Gasteiger partial charge in [0, 0.05) is 54.6 Å². The number of aromatic nitrogens is 3. The molecule has 0 radical (unpaired) electrons. The lowest BCUT2D eigenvalue weighted by Gasteiger charge is -2.33. The van der Waals surface area contributed by atoms with Gasteiger partial charge in [-0.15, -0.1) is 0 Å². The van der Waals surface area contributed by atoms with Crippen LogP contribution in [0, 0.1) is 0 Å². The lowest BCUT2D eigenvalue weighted by atomic mass is 10.2. The van der Waals surface area contributed by atoms with E-state index in [0.29, 0.717) is 67.7 Å². The molecule has 3 atom stereocenters. The lowest BCUT2D eigenvalue weighted by Crippen LogP contribution is -2.44. The molecule has 2 N–H and O–H groups in total. The number of morpholine rings is 1. The summed E-state index contributed by atoms with van der Waals surface area (Å²) in [7, 11) is 4.07. The van der Waals surface area contributed by atoms with E-state index in [0.717, 1.165) is 31.5 Å². The summed E-state index contributed by atoms with van der Waals surface area (Å²) in [6.45, 7) is 6.55. The van der Waals surface area contributed by atoms with Crippen molar-refractivity contribution in [1.82, 2.24) is 24.8 Å². The summed E-state index contributed by atoms with van der Waals surface area (Å²) in [4.78, 5) is 45.8. The van der Waals surface area contributed by atoms with Crippen molar-refractivity contribution in [2.24, 2.45) is 0 Å². The van der Waals surface area contributed by atoms with Gasteiger partial charge in [0.2, 0.25) is 5.95 Å². The molecule has 3 aromatic rings. The van der Waals surface area contributed by atoms with E-state index in [2.05, 4.69) is 37.3 Å². The molecule has 3 unspecified atom stereocenters. The molecule has 13 heteroatoms. The number of benzene rings is 2. The predicted molar refractivity (Wildman–Crippen MR) is 170 cm³/mol. The van der Waals surface area contributed by atoms with Crippen LogP contribution in [0.15, 0.2) is 48.5 Å². The van der Waals surface area contributed by atoms with E-state index in [1.165, 1.54) is 0 Å². The second-order valence-corrected chi connectivity index (χ2v) is 11.9. The number of carbonyl (C=O) groups excluding carboxylic acids is 2. The lowest BCUT2D eigenvalue weighted by molar-refractivity contribution is 0.0783. The van der Waals surface area contributed by atoms with Gasteiger partial charge in [0.1, 0.15) is 6.10 Å². The van der Waals surface area contributed by atoms with E-state index in [9.17, 15) is 9.59 Å². The van der Waals surface area contributed by atoms with Crippen LogP contribution in [0.2, 0.25) is 0 Å². The van der Waals surface area contributed by atoms with Crippen LogP contribution in [0.1, 0.15) is 30.1 Å². The van der Waals surface area contributed by atoms with Crippen molar-refractivity contribution in [3.05, 3.63) is 54.1 Å². The Morgan fingerprint density at radius 3 is 2.24 bits per heavy atom. The zero-order valence-corrected chi connectivity index (χ0v) is 25.9. The van der Waals surface area contributed by atoms with Crippen LogP contribution < -0.4 is 20.3 Å². The van der Waals surface area contributed by atoms with Gasteiger partial charge in [-0.2, -0.15) is 15.0 Å². The number of nitrogens with zero attached hydrogens (tertiary/aromatic N) is 6. The predicted octanol–water partition coefficient (Wildman–Crippen LogP) is 3.35. The number of likely N-dealkylation sites (N-methyl/N-ethyl adjacent to an activating group) is 1. The van der Waals surface area contributed by atoms with E-state index in [1.54, 1.807) is 36.4 Å². The molecule has 3 aliphatic rings. The minimum atomic E-state index is -0.395.